The van der Waals surface area contributed by atoms with Crippen LogP contribution in [0.5, 0.6) is 0 Å². The van der Waals surface area contributed by atoms with Gasteiger partial charge in [-0.05, 0) is 11.6 Å². The quantitative estimate of drug-likeness (QED) is 0.629. The number of ether oxygens (including phenoxy) is 3. The summed E-state index contributed by atoms with van der Waals surface area (Å²) in [7, 11) is 0. The maximum absolute atomic E-state index is 12.3. The highest BCUT2D eigenvalue weighted by Crippen LogP contribution is 2.19. The Bertz CT molecular complexity index is 702. The van der Waals surface area contributed by atoms with Crippen molar-refractivity contribution in [2.45, 2.75) is 31.0 Å². The summed E-state index contributed by atoms with van der Waals surface area (Å²) < 4.78 is 16.2. The van der Waals surface area contributed by atoms with Crippen molar-refractivity contribution >= 4 is 11.9 Å². The van der Waals surface area contributed by atoms with Crippen molar-refractivity contribution in [1.82, 2.24) is 5.32 Å². The molecule has 0 radical (unpaired) electrons. The van der Waals surface area contributed by atoms with E-state index in [0.717, 1.165) is 5.56 Å². The van der Waals surface area contributed by atoms with E-state index in [1.807, 2.05) is 30.3 Å². The first-order valence-electron chi connectivity index (χ1n) is 8.89. The Labute approximate surface area is 164 Å². The molecular weight excluding hydrogens is 362 g/mol. The van der Waals surface area contributed by atoms with Crippen LogP contribution in [0, 0.1) is 0 Å². The van der Waals surface area contributed by atoms with Crippen LogP contribution in [0.3, 0.4) is 0 Å². The van der Waals surface area contributed by atoms with Crippen LogP contribution in [0.1, 0.15) is 5.56 Å². The van der Waals surface area contributed by atoms with Crippen molar-refractivity contribution in [1.29, 1.82) is 0 Å². The summed E-state index contributed by atoms with van der Waals surface area (Å²) in [5, 5.41) is 13.3. The Kier molecular flexibility index (Phi) is 8.61. The molecular formula is C21H25NO6. The normalized spacial score (nSPS) is 24.2. The van der Waals surface area contributed by atoms with Crippen LogP contribution >= 0.6 is 0 Å². The highest BCUT2D eigenvalue weighted by Gasteiger charge is 2.40. The van der Waals surface area contributed by atoms with Crippen molar-refractivity contribution in [3.05, 3.63) is 73.4 Å². The van der Waals surface area contributed by atoms with Crippen LogP contribution in [-0.4, -0.2) is 54.6 Å². The second kappa shape index (κ2) is 11.2. The maximum atomic E-state index is 12.3. The van der Waals surface area contributed by atoms with Gasteiger partial charge < -0.3 is 24.6 Å². The minimum atomic E-state index is -1.30. The van der Waals surface area contributed by atoms with Crippen LogP contribution in [0.15, 0.2) is 67.8 Å². The molecule has 0 heterocycles. The summed E-state index contributed by atoms with van der Waals surface area (Å²) in [5.74, 6) is -0.427. The lowest BCUT2D eigenvalue weighted by atomic mass is 10.0. The van der Waals surface area contributed by atoms with Crippen LogP contribution in [0.4, 0.5) is 4.79 Å². The van der Waals surface area contributed by atoms with E-state index < -0.39 is 36.2 Å². The number of hydrogen-bond donors (Lipinski definition) is 2. The van der Waals surface area contributed by atoms with Gasteiger partial charge >= 0.3 is 6.09 Å². The smallest absolute Gasteiger partial charge is 0.408 e. The van der Waals surface area contributed by atoms with Gasteiger partial charge in [-0.25, -0.2) is 4.79 Å². The number of ketones is 1. The highest BCUT2D eigenvalue weighted by molar-refractivity contribution is 5.94. The molecule has 28 heavy (non-hydrogen) atoms. The van der Waals surface area contributed by atoms with Gasteiger partial charge in [0.2, 0.25) is 0 Å². The number of hydrogen-bond acceptors (Lipinski definition) is 6. The summed E-state index contributed by atoms with van der Waals surface area (Å²) in [5.41, 5.74) is 0.835. The Hall–Kier alpha value is -2.74. The van der Waals surface area contributed by atoms with Crippen molar-refractivity contribution in [2.75, 3.05) is 13.2 Å². The molecule has 1 aliphatic rings. The molecule has 1 amide bonds. The first-order chi connectivity index (χ1) is 13.6. The number of amides is 1. The van der Waals surface area contributed by atoms with Gasteiger partial charge in [-0.3, -0.25) is 4.79 Å². The number of nitrogens with one attached hydrogen (secondary N) is 1. The molecule has 0 aliphatic heterocycles. The summed E-state index contributed by atoms with van der Waals surface area (Å²) in [6, 6.07) is 8.42. The minimum Gasteiger partial charge on any atom is -0.445 e. The van der Waals surface area contributed by atoms with Gasteiger partial charge in [0.15, 0.2) is 5.78 Å². The first-order valence-corrected chi connectivity index (χ1v) is 8.89. The van der Waals surface area contributed by atoms with Crippen LogP contribution in [0.2, 0.25) is 0 Å². The second-order valence-electron chi connectivity index (χ2n) is 6.11. The zero-order valence-electron chi connectivity index (χ0n) is 15.5. The van der Waals surface area contributed by atoms with Gasteiger partial charge in [0.1, 0.15) is 24.9 Å². The molecule has 0 fully saturated rings. The Morgan fingerprint density at radius 2 is 1.82 bits per heavy atom. The molecule has 0 unspecified atom stereocenters. The largest absolute Gasteiger partial charge is 0.445 e. The average Bonchev–Trinajstić information content (AvgIpc) is 2.81. The summed E-state index contributed by atoms with van der Waals surface area (Å²) >= 11 is 0. The van der Waals surface area contributed by atoms with E-state index in [1.54, 1.807) is 0 Å². The van der Waals surface area contributed by atoms with Gasteiger partial charge in [0.25, 0.3) is 0 Å². The molecule has 1 aliphatic carbocycles. The molecule has 0 bridgehead atoms. The van der Waals surface area contributed by atoms with Gasteiger partial charge in [-0.1, -0.05) is 48.6 Å². The minimum absolute atomic E-state index is 0.0900. The molecule has 0 saturated heterocycles. The number of aliphatic hydroxyl groups excluding tert-OH is 1. The van der Waals surface area contributed by atoms with E-state index >= 15 is 0 Å². The van der Waals surface area contributed by atoms with Crippen molar-refractivity contribution in [2.24, 2.45) is 0 Å². The van der Waals surface area contributed by atoms with E-state index in [2.05, 4.69) is 18.5 Å². The fourth-order valence-corrected chi connectivity index (χ4v) is 2.72. The molecule has 7 nitrogen and oxygen atoms in total. The molecule has 150 valence electrons. The first kappa shape index (κ1) is 21.6. The molecule has 1 aromatic carbocycles. The topological polar surface area (TPSA) is 94.1 Å². The monoisotopic (exact) mass is 387 g/mol. The van der Waals surface area contributed by atoms with E-state index in [0.29, 0.717) is 0 Å². The van der Waals surface area contributed by atoms with E-state index in [1.165, 1.54) is 24.3 Å². The highest BCUT2D eigenvalue weighted by atomic mass is 16.6. The summed E-state index contributed by atoms with van der Waals surface area (Å²) in [6.07, 6.45) is 1.64. The fourth-order valence-electron chi connectivity index (χ4n) is 2.72. The third kappa shape index (κ3) is 6.16. The van der Waals surface area contributed by atoms with E-state index in [9.17, 15) is 14.7 Å². The lowest BCUT2D eigenvalue weighted by Gasteiger charge is -2.30. The Balaban J connectivity index is 2.07. The van der Waals surface area contributed by atoms with Crippen LogP contribution < -0.4 is 5.32 Å². The van der Waals surface area contributed by atoms with Gasteiger partial charge in [0.05, 0.1) is 19.3 Å². The number of rotatable bonds is 9. The summed E-state index contributed by atoms with van der Waals surface area (Å²) in [4.78, 5) is 24.5. The molecule has 0 spiro atoms. The molecule has 4 atom stereocenters. The van der Waals surface area contributed by atoms with E-state index in [4.69, 9.17) is 14.2 Å². The molecule has 2 rings (SSSR count). The van der Waals surface area contributed by atoms with Crippen molar-refractivity contribution < 1.29 is 28.9 Å². The molecule has 0 aromatic heterocycles. The Morgan fingerprint density at radius 3 is 2.50 bits per heavy atom. The number of alkyl carbamates (subject to hydrolysis) is 1. The number of carbonyl (C=O) groups is 2. The second-order valence-corrected chi connectivity index (χ2v) is 6.11. The predicted octanol–water partition coefficient (Wildman–Crippen LogP) is 1.92. The number of benzene rings is 1. The lowest BCUT2D eigenvalue weighted by Crippen LogP contribution is -2.53. The van der Waals surface area contributed by atoms with E-state index in [-0.39, 0.29) is 19.8 Å². The van der Waals surface area contributed by atoms with Crippen molar-refractivity contribution in [3.63, 3.8) is 0 Å². The molecule has 0 saturated carbocycles. The molecule has 7 heteroatoms. The number of aliphatic hydroxyl groups is 1. The molecule has 1 aromatic rings. The summed E-state index contributed by atoms with van der Waals surface area (Å²) in [6.45, 7) is 7.41. The standard InChI is InChI=1S/C21H25NO6/c1-3-12-26-19-16(10-11-17(23)20(18(19)24)27-13-4-2)22-21(25)28-14-15-8-6-5-7-9-15/h3-11,16,18-20,24H,1-2,12-14H2,(H,22,25)/t16-,18-,19+,20-/m1/s1. The lowest BCUT2D eigenvalue weighted by molar-refractivity contribution is -0.142. The third-order valence-electron chi connectivity index (χ3n) is 4.05. The predicted molar refractivity (Wildman–Crippen MR) is 104 cm³/mol. The van der Waals surface area contributed by atoms with Gasteiger partial charge in [0, 0.05) is 0 Å². The fraction of sp³-hybridized carbons (Fsp3) is 0.333. The molecule has 2 N–H and O–H groups in total. The zero-order chi connectivity index (χ0) is 20.4. The van der Waals surface area contributed by atoms with Gasteiger partial charge in [-0.15, -0.1) is 13.2 Å². The Morgan fingerprint density at radius 1 is 1.14 bits per heavy atom. The SMILES string of the molecule is C=CCO[C@@H]1[C@@H](O)[C@H](OCC=C)C(=O)C=C[C@H]1NC(=O)OCc1ccccc1. The van der Waals surface area contributed by atoms with Gasteiger partial charge in [-0.2, -0.15) is 0 Å². The zero-order valence-corrected chi connectivity index (χ0v) is 15.5. The van der Waals surface area contributed by atoms with Crippen LogP contribution in [0.25, 0.3) is 0 Å². The van der Waals surface area contributed by atoms with Crippen molar-refractivity contribution in [3.8, 4) is 0 Å². The number of carbonyl (C=O) groups excluding carboxylic acids is 2. The third-order valence-corrected chi connectivity index (χ3v) is 4.05. The average molecular weight is 387 g/mol. The van der Waals surface area contributed by atoms with Crippen LogP contribution in [-0.2, 0) is 25.6 Å². The maximum Gasteiger partial charge on any atom is 0.408 e.